The predicted octanol–water partition coefficient (Wildman–Crippen LogP) is 3.62. The van der Waals surface area contributed by atoms with Crippen molar-refractivity contribution in [3.8, 4) is 11.5 Å². The van der Waals surface area contributed by atoms with E-state index >= 15 is 0 Å². The van der Waals surface area contributed by atoms with Crippen LogP contribution in [0.3, 0.4) is 0 Å². The van der Waals surface area contributed by atoms with Crippen LogP contribution in [0.25, 0.3) is 0 Å². The second-order valence-electron chi connectivity index (χ2n) is 7.29. The highest BCUT2D eigenvalue weighted by Gasteiger charge is 2.51. The fourth-order valence-corrected chi connectivity index (χ4v) is 5.55. The molecule has 0 aromatic heterocycles. The summed E-state index contributed by atoms with van der Waals surface area (Å²) in [4.78, 5) is 2.37. The molecule has 2 aliphatic rings. The first-order valence-electron chi connectivity index (χ1n) is 9.24. The minimum absolute atomic E-state index is 0.0261. The molecule has 2 fully saturated rings. The summed E-state index contributed by atoms with van der Waals surface area (Å²) in [6.45, 7) is 1.01. The molecular weight excluding hydrogens is 369 g/mol. The lowest BCUT2D eigenvalue weighted by Crippen LogP contribution is -2.47. The third-order valence-corrected chi connectivity index (χ3v) is 7.61. The highest BCUT2D eigenvalue weighted by Crippen LogP contribution is 2.55. The third kappa shape index (κ3) is 3.76. The van der Waals surface area contributed by atoms with Gasteiger partial charge in [-0.3, -0.25) is 13.6 Å². The summed E-state index contributed by atoms with van der Waals surface area (Å²) in [7, 11) is 4.67. The van der Waals surface area contributed by atoms with Crippen LogP contribution in [0.15, 0.2) is 18.2 Å². The molecule has 1 heterocycles. The molecule has 1 aromatic rings. The van der Waals surface area contributed by atoms with E-state index in [1.807, 2.05) is 6.07 Å². The van der Waals surface area contributed by atoms with Crippen molar-refractivity contribution in [1.29, 1.82) is 0 Å². The molecule has 152 valence electrons. The Morgan fingerprint density at radius 3 is 2.41 bits per heavy atom. The molecule has 1 saturated carbocycles. The topological polar surface area (TPSA) is 66.5 Å². The summed E-state index contributed by atoms with van der Waals surface area (Å²) >= 11 is 0. The lowest BCUT2D eigenvalue weighted by Gasteiger charge is -2.44. The zero-order valence-electron chi connectivity index (χ0n) is 16.8. The average Bonchev–Trinajstić information content (AvgIpc) is 3.04. The minimum atomic E-state index is -3.48. The van der Waals surface area contributed by atoms with Crippen molar-refractivity contribution in [3.05, 3.63) is 23.8 Å². The molecule has 3 rings (SSSR count). The van der Waals surface area contributed by atoms with Crippen molar-refractivity contribution in [1.82, 2.24) is 4.90 Å². The van der Waals surface area contributed by atoms with Gasteiger partial charge in [-0.15, -0.1) is 0 Å². The number of benzene rings is 1. The molecule has 1 aromatic carbocycles. The molecular formula is C19H30NO6P. The van der Waals surface area contributed by atoms with Gasteiger partial charge < -0.3 is 14.4 Å². The van der Waals surface area contributed by atoms with Crippen molar-refractivity contribution in [2.24, 2.45) is 0 Å². The van der Waals surface area contributed by atoms with Gasteiger partial charge in [0.25, 0.3) is 0 Å². The van der Waals surface area contributed by atoms with Crippen LogP contribution in [0.5, 0.6) is 11.5 Å². The predicted molar refractivity (Wildman–Crippen MR) is 103 cm³/mol. The zero-order valence-corrected chi connectivity index (χ0v) is 17.7. The van der Waals surface area contributed by atoms with E-state index in [4.69, 9.17) is 23.0 Å². The van der Waals surface area contributed by atoms with Gasteiger partial charge in [-0.1, -0.05) is 6.07 Å². The van der Waals surface area contributed by atoms with Gasteiger partial charge in [0.05, 0.1) is 20.3 Å². The molecule has 3 atom stereocenters. The van der Waals surface area contributed by atoms with Gasteiger partial charge in [0.2, 0.25) is 0 Å². The molecule has 1 aliphatic carbocycles. The van der Waals surface area contributed by atoms with Crippen LogP contribution in [-0.4, -0.2) is 59.1 Å². The van der Waals surface area contributed by atoms with Crippen molar-refractivity contribution in [2.45, 2.75) is 43.2 Å². The van der Waals surface area contributed by atoms with Crippen LogP contribution in [-0.2, 0) is 23.6 Å². The van der Waals surface area contributed by atoms with Crippen LogP contribution in [0.2, 0.25) is 0 Å². The number of ether oxygens (including phenoxy) is 2. The number of hydrogen-bond donors (Lipinski definition) is 0. The van der Waals surface area contributed by atoms with Gasteiger partial charge in [0, 0.05) is 25.7 Å². The highest BCUT2D eigenvalue weighted by molar-refractivity contribution is 7.48. The lowest BCUT2D eigenvalue weighted by molar-refractivity contribution is 0.0398. The molecule has 1 saturated heterocycles. The minimum Gasteiger partial charge on any atom is -0.493 e. The summed E-state index contributed by atoms with van der Waals surface area (Å²) in [5.74, 6) is 1.48. The average molecular weight is 399 g/mol. The fraction of sp³-hybridized carbons (Fsp3) is 0.684. The summed E-state index contributed by atoms with van der Waals surface area (Å²) in [6.07, 6.45) is 3.43. The van der Waals surface area contributed by atoms with Crippen molar-refractivity contribution >= 4 is 7.82 Å². The standard InChI is InChI=1S/C19H30NO6P/c1-20-11-10-19(14-6-7-16(22-2)17(12-14)23-3)9-8-15(13-18(19)20)26-27(21,24-4)25-5/h6-7,12,15,18H,8-11,13H2,1-5H3/t15-,18-,19-/m0/s1. The molecule has 7 nitrogen and oxygen atoms in total. The number of phosphoric ester groups is 1. The molecule has 0 unspecified atom stereocenters. The Kier molecular flexibility index (Phi) is 6.18. The number of hydrogen-bond acceptors (Lipinski definition) is 7. The van der Waals surface area contributed by atoms with E-state index < -0.39 is 7.82 Å². The molecule has 1 aliphatic heterocycles. The maximum absolute atomic E-state index is 12.4. The van der Waals surface area contributed by atoms with Gasteiger partial charge in [-0.05, 0) is 57.0 Å². The van der Waals surface area contributed by atoms with Crippen LogP contribution < -0.4 is 9.47 Å². The Morgan fingerprint density at radius 2 is 1.78 bits per heavy atom. The fourth-order valence-electron chi connectivity index (χ4n) is 4.67. The number of fused-ring (bicyclic) bond motifs is 1. The first-order chi connectivity index (χ1) is 12.9. The second kappa shape index (κ2) is 8.10. The van der Waals surface area contributed by atoms with E-state index in [9.17, 15) is 4.57 Å². The SMILES string of the molecule is COc1ccc([C@@]23CC[C@H](OP(=O)(OC)OC)C[C@@H]2N(C)CC3)cc1OC. The number of likely N-dealkylation sites (N-methyl/N-ethyl adjacent to an activating group) is 1. The maximum Gasteiger partial charge on any atom is 0.474 e. The van der Waals surface area contributed by atoms with Gasteiger partial charge in [0.1, 0.15) is 0 Å². The molecule has 8 heteroatoms. The van der Waals surface area contributed by atoms with Crippen molar-refractivity contribution < 1.29 is 27.6 Å². The van der Waals surface area contributed by atoms with Crippen LogP contribution >= 0.6 is 7.82 Å². The quantitative estimate of drug-likeness (QED) is 0.649. The van der Waals surface area contributed by atoms with Crippen LogP contribution in [0.4, 0.5) is 0 Å². The Bertz CT molecular complexity index is 705. The molecule has 27 heavy (non-hydrogen) atoms. The van der Waals surface area contributed by atoms with Crippen LogP contribution in [0, 0.1) is 0 Å². The van der Waals surface area contributed by atoms with E-state index in [1.165, 1.54) is 19.8 Å². The largest absolute Gasteiger partial charge is 0.493 e. The first-order valence-corrected chi connectivity index (χ1v) is 10.7. The monoisotopic (exact) mass is 399 g/mol. The Balaban J connectivity index is 1.87. The van der Waals surface area contributed by atoms with E-state index in [2.05, 4.69) is 24.1 Å². The molecule has 0 spiro atoms. The van der Waals surface area contributed by atoms with Gasteiger partial charge in [0.15, 0.2) is 11.5 Å². The Hall–Kier alpha value is -1.11. The van der Waals surface area contributed by atoms with Crippen molar-refractivity contribution in [3.63, 3.8) is 0 Å². The van der Waals surface area contributed by atoms with E-state index in [0.717, 1.165) is 43.7 Å². The smallest absolute Gasteiger partial charge is 0.474 e. The highest BCUT2D eigenvalue weighted by atomic mass is 31.2. The van der Waals surface area contributed by atoms with Gasteiger partial charge in [-0.25, -0.2) is 4.57 Å². The molecule has 0 amide bonds. The Labute approximate surface area is 161 Å². The normalized spacial score (nSPS) is 28.8. The van der Waals surface area contributed by atoms with Crippen molar-refractivity contribution in [2.75, 3.05) is 42.0 Å². The number of methoxy groups -OCH3 is 2. The van der Waals surface area contributed by atoms with E-state index in [-0.39, 0.29) is 17.6 Å². The molecule has 0 radical (unpaired) electrons. The zero-order chi connectivity index (χ0) is 19.7. The van der Waals surface area contributed by atoms with E-state index in [0.29, 0.717) is 0 Å². The summed E-state index contributed by atoms with van der Waals surface area (Å²) < 4.78 is 39.0. The number of phosphoric acid groups is 1. The molecule has 0 N–H and O–H groups in total. The lowest BCUT2D eigenvalue weighted by atomic mass is 9.65. The third-order valence-electron chi connectivity index (χ3n) is 6.16. The number of rotatable bonds is 7. The summed E-state index contributed by atoms with van der Waals surface area (Å²) in [5, 5.41) is 0. The first kappa shape index (κ1) is 20.6. The van der Waals surface area contributed by atoms with Crippen LogP contribution in [0.1, 0.15) is 31.2 Å². The van der Waals surface area contributed by atoms with Gasteiger partial charge in [-0.2, -0.15) is 0 Å². The second-order valence-corrected chi connectivity index (χ2v) is 9.12. The summed E-state index contributed by atoms with van der Waals surface area (Å²) in [5.41, 5.74) is 1.28. The summed E-state index contributed by atoms with van der Waals surface area (Å²) in [6, 6.07) is 6.51. The van der Waals surface area contributed by atoms with E-state index in [1.54, 1.807) is 14.2 Å². The Morgan fingerprint density at radius 1 is 1.07 bits per heavy atom. The number of nitrogens with zero attached hydrogens (tertiary/aromatic N) is 1. The number of likely N-dealkylation sites (tertiary alicyclic amines) is 1. The van der Waals surface area contributed by atoms with Gasteiger partial charge >= 0.3 is 7.82 Å². The molecule has 0 bridgehead atoms. The maximum atomic E-state index is 12.4.